The van der Waals surface area contributed by atoms with Crippen LogP contribution >= 0.6 is 11.8 Å². The maximum Gasteiger partial charge on any atom is 0.283 e. The van der Waals surface area contributed by atoms with E-state index in [2.05, 4.69) is 40.3 Å². The summed E-state index contributed by atoms with van der Waals surface area (Å²) in [6, 6.07) is 25.0. The van der Waals surface area contributed by atoms with E-state index in [1.54, 1.807) is 59.0 Å². The van der Waals surface area contributed by atoms with Crippen molar-refractivity contribution in [2.24, 2.45) is 0 Å². The number of nitrogens with zero attached hydrogens (tertiary/aromatic N) is 7. The fourth-order valence-corrected chi connectivity index (χ4v) is 8.26. The van der Waals surface area contributed by atoms with Crippen molar-refractivity contribution in [3.8, 4) is 0 Å². The minimum atomic E-state index is -4.44. The van der Waals surface area contributed by atoms with Crippen molar-refractivity contribution in [2.45, 2.75) is 35.2 Å². The van der Waals surface area contributed by atoms with Crippen LogP contribution in [0.1, 0.15) is 38.4 Å². The van der Waals surface area contributed by atoms with E-state index < -0.39 is 15.9 Å². The van der Waals surface area contributed by atoms with Gasteiger partial charge in [-0.2, -0.15) is 5.10 Å². The van der Waals surface area contributed by atoms with Crippen LogP contribution in [-0.2, 0) is 23.0 Å². The largest absolute Gasteiger partial charge is 0.365 e. The lowest BCUT2D eigenvalue weighted by atomic mass is 9.94. The molecule has 0 radical (unpaired) electrons. The fraction of sp³-hybridized carbons (Fsp3) is 0.231. The summed E-state index contributed by atoms with van der Waals surface area (Å²) in [7, 11) is -0.479. The molecule has 6 aromatic rings. The van der Waals surface area contributed by atoms with Crippen molar-refractivity contribution in [1.29, 1.82) is 0 Å². The van der Waals surface area contributed by atoms with Gasteiger partial charge in [0.25, 0.3) is 21.8 Å². The normalized spacial score (nSPS) is 13.2. The molecule has 0 saturated carbocycles. The number of anilines is 4. The van der Waals surface area contributed by atoms with Crippen LogP contribution < -0.4 is 25.7 Å². The maximum atomic E-state index is 13.5. The molecular formula is C39H41N11O5S2. The van der Waals surface area contributed by atoms with E-state index in [0.717, 1.165) is 35.2 Å². The number of pyridine rings is 2. The van der Waals surface area contributed by atoms with E-state index in [9.17, 15) is 23.2 Å². The molecule has 2 aromatic carbocycles. The molecule has 0 aliphatic carbocycles. The Kier molecular flexibility index (Phi) is 11.9. The molecule has 1 aliphatic heterocycles. The van der Waals surface area contributed by atoms with E-state index in [1.165, 1.54) is 12.1 Å². The number of sulfonamides is 1. The molecule has 0 bridgehead atoms. The third-order valence-electron chi connectivity index (χ3n) is 9.27. The first-order valence-electron chi connectivity index (χ1n) is 18.1. The van der Waals surface area contributed by atoms with E-state index in [1.807, 2.05) is 66.9 Å². The molecular weight excluding hydrogens is 767 g/mol. The molecule has 5 N–H and O–H groups in total. The molecule has 294 valence electrons. The Hall–Kier alpha value is -6.08. The molecule has 1 aliphatic rings. The molecule has 0 unspecified atom stereocenters. The number of carbonyl (C=O) groups is 2. The molecule has 7 rings (SSSR count). The molecule has 2 amide bonds. The van der Waals surface area contributed by atoms with Gasteiger partial charge in [0.05, 0.1) is 6.20 Å². The first kappa shape index (κ1) is 39.2. The van der Waals surface area contributed by atoms with Crippen LogP contribution in [0.5, 0.6) is 0 Å². The Bertz CT molecular complexity index is 2470. The summed E-state index contributed by atoms with van der Waals surface area (Å²) >= 11 is 1.67. The summed E-state index contributed by atoms with van der Waals surface area (Å²) < 4.78 is 30.6. The van der Waals surface area contributed by atoms with Gasteiger partial charge in [-0.3, -0.25) is 20.3 Å². The Balaban J connectivity index is 1.03. The number of amides is 2. The molecule has 57 heavy (non-hydrogen) atoms. The highest BCUT2D eigenvalue weighted by atomic mass is 32.2. The molecule has 4 aromatic heterocycles. The van der Waals surface area contributed by atoms with Crippen LogP contribution in [0.15, 0.2) is 113 Å². The summed E-state index contributed by atoms with van der Waals surface area (Å²) in [5.74, 6) is 0.474. The maximum absolute atomic E-state index is 13.5. The lowest BCUT2D eigenvalue weighted by molar-refractivity contribution is 0.0975. The topological polar surface area (TPSA) is 199 Å². The van der Waals surface area contributed by atoms with E-state index >= 15 is 0 Å². The van der Waals surface area contributed by atoms with Gasteiger partial charge in [-0.15, -0.1) is 11.8 Å². The average Bonchev–Trinajstić information content (AvgIpc) is 3.64. The number of benzene rings is 2. The zero-order valence-corrected chi connectivity index (χ0v) is 32.8. The molecule has 18 heteroatoms. The number of aromatic nitrogens is 5. The third kappa shape index (κ3) is 9.49. The lowest BCUT2D eigenvalue weighted by Gasteiger charge is -2.31. The average molecular weight is 808 g/mol. The number of imidazole rings is 1. The first-order chi connectivity index (χ1) is 27.6. The minimum absolute atomic E-state index is 0.0267. The molecule has 1 atom stereocenters. The first-order valence-corrected chi connectivity index (χ1v) is 20.5. The Morgan fingerprint density at radius 1 is 0.982 bits per heavy atom. The molecule has 0 saturated heterocycles. The minimum Gasteiger partial charge on any atom is -0.365 e. The zero-order valence-electron chi connectivity index (χ0n) is 31.2. The number of rotatable bonds is 15. The number of nitrogens with one attached hydrogen (secondary N) is 4. The van der Waals surface area contributed by atoms with E-state index in [4.69, 9.17) is 0 Å². The van der Waals surface area contributed by atoms with Crippen LogP contribution in [0.2, 0.25) is 0 Å². The highest BCUT2D eigenvalue weighted by Gasteiger charge is 2.26. The predicted molar refractivity (Wildman–Crippen MR) is 218 cm³/mol. The summed E-state index contributed by atoms with van der Waals surface area (Å²) in [6.45, 7) is 1.66. The van der Waals surface area contributed by atoms with E-state index in [-0.39, 0.29) is 34.0 Å². The van der Waals surface area contributed by atoms with Crippen molar-refractivity contribution in [2.75, 3.05) is 54.0 Å². The number of hydrogen-bond acceptors (Lipinski definition) is 14. The Morgan fingerprint density at radius 2 is 1.81 bits per heavy atom. The van der Waals surface area contributed by atoms with Crippen LogP contribution in [0.3, 0.4) is 0 Å². The highest BCUT2D eigenvalue weighted by molar-refractivity contribution is 7.99. The summed E-state index contributed by atoms with van der Waals surface area (Å²) in [5.41, 5.74) is 4.84. The molecule has 0 spiro atoms. The van der Waals surface area contributed by atoms with Gasteiger partial charge in [-0.1, -0.05) is 36.4 Å². The second kappa shape index (κ2) is 17.4. The van der Waals surface area contributed by atoms with Gasteiger partial charge in [0.15, 0.2) is 17.3 Å². The standard InChI is InChI=1S/C39H41N11O5S2/c1-48(2)19-17-27(25-56-28-10-4-3-5-11-28)42-37-33(46-53)21-29(22-40-37)57(54,55)47-39(52)32-13-7-14-35(43-32)49-20-16-26-9-6-12-30(31(26)23-49)38(51)45-34-24-50-36(44-34)15-8-18-41-50/h3-15,18,21-22,24,27,46,53H,16-17,19-20,23,25H2,1-2H3,(H,40,42)(H,45,51)(H,47,52)/t27-/m1/s1. The van der Waals surface area contributed by atoms with Crippen molar-refractivity contribution < 1.29 is 23.2 Å². The number of thioether (sulfide) groups is 1. The van der Waals surface area contributed by atoms with E-state index in [0.29, 0.717) is 48.1 Å². The second-order valence-corrected chi connectivity index (χ2v) is 16.3. The summed E-state index contributed by atoms with van der Waals surface area (Å²) in [6.07, 6.45) is 5.76. The highest BCUT2D eigenvalue weighted by Crippen LogP contribution is 2.28. The number of fused-ring (bicyclic) bond motifs is 2. The van der Waals surface area contributed by atoms with Gasteiger partial charge in [-0.25, -0.2) is 32.6 Å². The molecule has 5 heterocycles. The van der Waals surface area contributed by atoms with Gasteiger partial charge in [0.1, 0.15) is 22.1 Å². The van der Waals surface area contributed by atoms with Gasteiger partial charge in [0, 0.05) is 47.7 Å². The lowest BCUT2D eigenvalue weighted by Crippen LogP contribution is -2.34. The Labute approximate surface area is 333 Å². The van der Waals surface area contributed by atoms with Crippen molar-refractivity contribution in [1.82, 2.24) is 34.2 Å². The third-order valence-corrected chi connectivity index (χ3v) is 11.7. The Morgan fingerprint density at radius 3 is 2.60 bits per heavy atom. The molecule has 0 fully saturated rings. The van der Waals surface area contributed by atoms with Crippen molar-refractivity contribution in [3.05, 3.63) is 126 Å². The van der Waals surface area contributed by atoms with Crippen LogP contribution in [0.4, 0.5) is 23.1 Å². The van der Waals surface area contributed by atoms with Gasteiger partial charge < -0.3 is 20.4 Å². The van der Waals surface area contributed by atoms with Crippen LogP contribution in [0.25, 0.3) is 5.65 Å². The fourth-order valence-electron chi connectivity index (χ4n) is 6.33. The SMILES string of the molecule is CN(C)CC[C@H](CSc1ccccc1)Nc1ncc(S(=O)(=O)NC(=O)c2cccc(N3CCc4cccc(C(=O)Nc5cn6ncccc6n5)c4C3)n2)cc1NO. The van der Waals surface area contributed by atoms with Gasteiger partial charge in [0.2, 0.25) is 0 Å². The zero-order chi connectivity index (χ0) is 39.9. The van der Waals surface area contributed by atoms with Crippen molar-refractivity contribution >= 4 is 62.4 Å². The van der Waals surface area contributed by atoms with Gasteiger partial charge >= 0.3 is 0 Å². The van der Waals surface area contributed by atoms with Gasteiger partial charge in [-0.05, 0) is 93.1 Å². The smallest absolute Gasteiger partial charge is 0.283 e. The number of carbonyl (C=O) groups excluding carboxylic acids is 2. The van der Waals surface area contributed by atoms with Crippen LogP contribution in [-0.4, -0.2) is 93.9 Å². The quantitative estimate of drug-likeness (QED) is 0.0702. The molecule has 16 nitrogen and oxygen atoms in total. The van der Waals surface area contributed by atoms with Crippen LogP contribution in [0, 0.1) is 0 Å². The second-order valence-electron chi connectivity index (χ2n) is 13.6. The monoisotopic (exact) mass is 807 g/mol. The van der Waals surface area contributed by atoms with Crippen molar-refractivity contribution in [3.63, 3.8) is 0 Å². The predicted octanol–water partition coefficient (Wildman–Crippen LogP) is 4.78. The summed E-state index contributed by atoms with van der Waals surface area (Å²) in [4.78, 5) is 44.9. The summed E-state index contributed by atoms with van der Waals surface area (Å²) in [5, 5.41) is 20.4. The number of hydrogen-bond donors (Lipinski definition) is 5.